The van der Waals surface area contributed by atoms with Gasteiger partial charge in [-0.2, -0.15) is 0 Å². The molecule has 1 aliphatic rings. The molecule has 2 rings (SSSR count). The molecule has 0 aliphatic carbocycles. The summed E-state index contributed by atoms with van der Waals surface area (Å²) in [6, 6.07) is 7.60. The second-order valence-corrected chi connectivity index (χ2v) is 6.38. The van der Waals surface area contributed by atoms with Crippen LogP contribution in [-0.4, -0.2) is 55.3 Å². The minimum Gasteiger partial charge on any atom is -0.349 e. The Balaban J connectivity index is 1.99. The number of benzene rings is 1. The van der Waals surface area contributed by atoms with Crippen molar-refractivity contribution < 1.29 is 9.59 Å². The van der Waals surface area contributed by atoms with Gasteiger partial charge in [0.15, 0.2) is 0 Å². The van der Waals surface area contributed by atoms with Gasteiger partial charge in [-0.05, 0) is 18.1 Å². The Morgan fingerprint density at radius 1 is 1.30 bits per heavy atom. The molecule has 1 heterocycles. The Labute approximate surface area is 142 Å². The average molecular weight is 338 g/mol. The number of nitrogens with one attached hydrogen (secondary N) is 1. The van der Waals surface area contributed by atoms with Crippen LogP contribution in [0.3, 0.4) is 0 Å². The molecule has 0 bridgehead atoms. The van der Waals surface area contributed by atoms with E-state index >= 15 is 0 Å². The maximum absolute atomic E-state index is 12.6. The van der Waals surface area contributed by atoms with Crippen LogP contribution in [0.5, 0.6) is 0 Å². The molecule has 126 valence electrons. The zero-order chi connectivity index (χ0) is 16.8. The van der Waals surface area contributed by atoms with Gasteiger partial charge in [0.1, 0.15) is 0 Å². The number of carbonyl (C=O) groups is 2. The van der Waals surface area contributed by atoms with Crippen molar-refractivity contribution in [1.82, 2.24) is 15.1 Å². The molecule has 0 saturated carbocycles. The SMILES string of the molecule is CN(C)C(=O)CCCC(=O)N1CCNCC1c1ccccc1Cl. The number of amides is 2. The van der Waals surface area contributed by atoms with E-state index in [1.165, 1.54) is 0 Å². The summed E-state index contributed by atoms with van der Waals surface area (Å²) < 4.78 is 0. The van der Waals surface area contributed by atoms with Crippen LogP contribution in [0.15, 0.2) is 24.3 Å². The first kappa shape index (κ1) is 17.8. The third-order valence-corrected chi connectivity index (χ3v) is 4.45. The average Bonchev–Trinajstić information content (AvgIpc) is 2.55. The predicted octanol–water partition coefficient (Wildman–Crippen LogP) is 2.07. The molecule has 2 amide bonds. The maximum Gasteiger partial charge on any atom is 0.223 e. The van der Waals surface area contributed by atoms with Crippen LogP contribution in [0.4, 0.5) is 0 Å². The molecule has 5 nitrogen and oxygen atoms in total. The van der Waals surface area contributed by atoms with E-state index in [0.29, 0.717) is 37.4 Å². The summed E-state index contributed by atoms with van der Waals surface area (Å²) in [5, 5.41) is 4.00. The van der Waals surface area contributed by atoms with Crippen LogP contribution in [0, 0.1) is 0 Å². The van der Waals surface area contributed by atoms with E-state index in [1.807, 2.05) is 29.2 Å². The highest BCUT2D eigenvalue weighted by Crippen LogP contribution is 2.29. The van der Waals surface area contributed by atoms with Crippen LogP contribution >= 0.6 is 11.6 Å². The lowest BCUT2D eigenvalue weighted by molar-refractivity contribution is -0.135. The summed E-state index contributed by atoms with van der Waals surface area (Å²) >= 11 is 6.29. The smallest absolute Gasteiger partial charge is 0.223 e. The zero-order valence-corrected chi connectivity index (χ0v) is 14.5. The van der Waals surface area contributed by atoms with Crippen LogP contribution in [0.2, 0.25) is 5.02 Å². The molecule has 1 aromatic rings. The van der Waals surface area contributed by atoms with E-state index < -0.39 is 0 Å². The van der Waals surface area contributed by atoms with Gasteiger partial charge in [-0.1, -0.05) is 29.8 Å². The van der Waals surface area contributed by atoms with E-state index in [4.69, 9.17) is 11.6 Å². The molecule has 0 radical (unpaired) electrons. The Hall–Kier alpha value is -1.59. The van der Waals surface area contributed by atoms with Crippen LogP contribution in [0.1, 0.15) is 30.9 Å². The van der Waals surface area contributed by atoms with Gasteiger partial charge in [0.05, 0.1) is 6.04 Å². The summed E-state index contributed by atoms with van der Waals surface area (Å²) in [7, 11) is 3.46. The third kappa shape index (κ3) is 4.69. The Bertz CT molecular complexity index is 563. The Morgan fingerprint density at radius 3 is 2.74 bits per heavy atom. The van der Waals surface area contributed by atoms with Gasteiger partial charge < -0.3 is 15.1 Å². The lowest BCUT2D eigenvalue weighted by atomic mass is 10.0. The van der Waals surface area contributed by atoms with Crippen LogP contribution in [0.25, 0.3) is 0 Å². The van der Waals surface area contributed by atoms with Gasteiger partial charge in [-0.15, -0.1) is 0 Å². The molecule has 1 N–H and O–H groups in total. The van der Waals surface area contributed by atoms with Crippen molar-refractivity contribution in [3.05, 3.63) is 34.9 Å². The molecule has 6 heteroatoms. The monoisotopic (exact) mass is 337 g/mol. The first-order valence-corrected chi connectivity index (χ1v) is 8.33. The number of nitrogens with zero attached hydrogens (tertiary/aromatic N) is 2. The number of piperazine rings is 1. The molecular weight excluding hydrogens is 314 g/mol. The first-order valence-electron chi connectivity index (χ1n) is 7.95. The van der Waals surface area contributed by atoms with Crippen molar-refractivity contribution in [1.29, 1.82) is 0 Å². The number of hydrogen-bond donors (Lipinski definition) is 1. The fourth-order valence-corrected chi connectivity index (χ4v) is 3.05. The standard InChI is InChI=1S/C17H24ClN3O2/c1-20(2)16(22)8-5-9-17(23)21-11-10-19-12-15(21)13-6-3-4-7-14(13)18/h3-4,6-7,15,19H,5,8-12H2,1-2H3. The predicted molar refractivity (Wildman–Crippen MR) is 91.3 cm³/mol. The summed E-state index contributed by atoms with van der Waals surface area (Å²) in [6.07, 6.45) is 1.37. The molecule has 1 atom stereocenters. The van der Waals surface area contributed by atoms with Gasteiger partial charge >= 0.3 is 0 Å². The fraction of sp³-hybridized carbons (Fsp3) is 0.529. The third-order valence-electron chi connectivity index (χ3n) is 4.11. The molecule has 1 aliphatic heterocycles. The van der Waals surface area contributed by atoms with E-state index in [0.717, 1.165) is 12.1 Å². The summed E-state index contributed by atoms with van der Waals surface area (Å²) in [5.41, 5.74) is 0.971. The normalized spacial score (nSPS) is 17.9. The molecule has 0 spiro atoms. The van der Waals surface area contributed by atoms with Crippen LogP contribution < -0.4 is 5.32 Å². The quantitative estimate of drug-likeness (QED) is 0.895. The minimum absolute atomic E-state index is 0.0468. The largest absolute Gasteiger partial charge is 0.349 e. The van der Waals surface area contributed by atoms with Crippen molar-refractivity contribution in [2.75, 3.05) is 33.7 Å². The molecule has 1 saturated heterocycles. The van der Waals surface area contributed by atoms with Crippen molar-refractivity contribution in [3.63, 3.8) is 0 Å². The number of hydrogen-bond acceptors (Lipinski definition) is 3. The van der Waals surface area contributed by atoms with Crippen LogP contribution in [-0.2, 0) is 9.59 Å². The van der Waals surface area contributed by atoms with Gasteiger partial charge in [0.2, 0.25) is 11.8 Å². The van der Waals surface area contributed by atoms with Crippen molar-refractivity contribution in [2.45, 2.75) is 25.3 Å². The highest BCUT2D eigenvalue weighted by Gasteiger charge is 2.28. The number of halogens is 1. The topological polar surface area (TPSA) is 52.7 Å². The van der Waals surface area contributed by atoms with Gasteiger partial charge in [-0.25, -0.2) is 0 Å². The van der Waals surface area contributed by atoms with E-state index in [-0.39, 0.29) is 17.9 Å². The maximum atomic E-state index is 12.6. The van der Waals surface area contributed by atoms with E-state index in [9.17, 15) is 9.59 Å². The van der Waals surface area contributed by atoms with Crippen molar-refractivity contribution >= 4 is 23.4 Å². The van der Waals surface area contributed by atoms with E-state index in [2.05, 4.69) is 5.32 Å². The molecule has 1 fully saturated rings. The lowest BCUT2D eigenvalue weighted by Gasteiger charge is -2.37. The summed E-state index contributed by atoms with van der Waals surface area (Å²) in [5.74, 6) is 0.142. The first-order chi connectivity index (χ1) is 11.0. The van der Waals surface area contributed by atoms with Gasteiger partial charge in [0.25, 0.3) is 0 Å². The minimum atomic E-state index is -0.0468. The molecule has 23 heavy (non-hydrogen) atoms. The summed E-state index contributed by atoms with van der Waals surface area (Å²) in [6.45, 7) is 2.14. The summed E-state index contributed by atoms with van der Waals surface area (Å²) in [4.78, 5) is 27.6. The Kier molecular flexibility index (Phi) is 6.42. The van der Waals surface area contributed by atoms with Crippen molar-refractivity contribution in [2.24, 2.45) is 0 Å². The lowest BCUT2D eigenvalue weighted by Crippen LogP contribution is -2.48. The molecule has 1 unspecified atom stereocenters. The molecule has 1 aromatic carbocycles. The fourth-order valence-electron chi connectivity index (χ4n) is 2.78. The van der Waals surface area contributed by atoms with Crippen molar-refractivity contribution in [3.8, 4) is 0 Å². The van der Waals surface area contributed by atoms with Gasteiger partial charge in [0, 0.05) is 51.6 Å². The highest BCUT2D eigenvalue weighted by molar-refractivity contribution is 6.31. The molecular formula is C17H24ClN3O2. The second-order valence-electron chi connectivity index (χ2n) is 5.97. The van der Waals surface area contributed by atoms with E-state index in [1.54, 1.807) is 19.0 Å². The second kappa shape index (κ2) is 8.31. The Morgan fingerprint density at radius 2 is 2.04 bits per heavy atom. The molecule has 0 aromatic heterocycles. The number of rotatable bonds is 5. The highest BCUT2D eigenvalue weighted by atomic mass is 35.5. The zero-order valence-electron chi connectivity index (χ0n) is 13.7. The van der Waals surface area contributed by atoms with Gasteiger partial charge in [-0.3, -0.25) is 9.59 Å². The number of carbonyl (C=O) groups excluding carboxylic acids is 2.